The van der Waals surface area contributed by atoms with Crippen LogP contribution < -0.4 is 10.1 Å². The van der Waals surface area contributed by atoms with Gasteiger partial charge in [-0.15, -0.1) is 0 Å². The third-order valence-corrected chi connectivity index (χ3v) is 2.91. The van der Waals surface area contributed by atoms with Gasteiger partial charge in [-0.05, 0) is 31.2 Å². The van der Waals surface area contributed by atoms with Crippen molar-refractivity contribution in [1.29, 1.82) is 0 Å². The number of nitro benzene ring substituents is 1. The Hall–Kier alpha value is -1.78. The number of anilines is 1. The molecule has 0 aliphatic rings. The van der Waals surface area contributed by atoms with Crippen LogP contribution in [0.15, 0.2) is 18.2 Å². The van der Waals surface area contributed by atoms with Gasteiger partial charge in [-0.1, -0.05) is 20.8 Å². The molecule has 0 aromatic heterocycles. The summed E-state index contributed by atoms with van der Waals surface area (Å²) < 4.78 is 5.45. The fourth-order valence-corrected chi connectivity index (χ4v) is 1.85. The molecule has 1 aromatic rings. The highest BCUT2D eigenvalue weighted by atomic mass is 16.6. The van der Waals surface area contributed by atoms with Crippen LogP contribution in [-0.2, 0) is 0 Å². The Labute approximate surface area is 120 Å². The van der Waals surface area contributed by atoms with E-state index < -0.39 is 4.92 Å². The van der Waals surface area contributed by atoms with Crippen molar-refractivity contribution in [2.75, 3.05) is 18.5 Å². The van der Waals surface area contributed by atoms with Gasteiger partial charge in [0.1, 0.15) is 0 Å². The van der Waals surface area contributed by atoms with Crippen LogP contribution in [0.25, 0.3) is 0 Å². The molecule has 0 amide bonds. The van der Waals surface area contributed by atoms with Gasteiger partial charge >= 0.3 is 5.69 Å². The molecule has 1 N–H and O–H groups in total. The van der Waals surface area contributed by atoms with E-state index in [2.05, 4.69) is 19.2 Å². The summed E-state index contributed by atoms with van der Waals surface area (Å²) in [6.07, 6.45) is 3.07. The monoisotopic (exact) mass is 280 g/mol. The average Bonchev–Trinajstić information content (AvgIpc) is 2.41. The van der Waals surface area contributed by atoms with Gasteiger partial charge in [-0.2, -0.15) is 0 Å². The van der Waals surface area contributed by atoms with E-state index in [1.807, 2.05) is 6.92 Å². The van der Waals surface area contributed by atoms with Crippen LogP contribution in [0.1, 0.15) is 40.0 Å². The summed E-state index contributed by atoms with van der Waals surface area (Å²) in [7, 11) is 0. The topological polar surface area (TPSA) is 64.4 Å². The highest BCUT2D eigenvalue weighted by Gasteiger charge is 2.15. The van der Waals surface area contributed by atoms with Crippen molar-refractivity contribution in [3.63, 3.8) is 0 Å². The largest absolute Gasteiger partial charge is 0.487 e. The van der Waals surface area contributed by atoms with Gasteiger partial charge < -0.3 is 10.1 Å². The first kappa shape index (κ1) is 16.3. The molecule has 0 saturated heterocycles. The van der Waals surface area contributed by atoms with Crippen LogP contribution in [0.3, 0.4) is 0 Å². The molecule has 0 unspecified atom stereocenters. The second-order valence-electron chi connectivity index (χ2n) is 5.25. The minimum Gasteiger partial charge on any atom is -0.487 e. The quantitative estimate of drug-likeness (QED) is 0.417. The summed E-state index contributed by atoms with van der Waals surface area (Å²) in [6, 6.07) is 4.94. The second-order valence-corrected chi connectivity index (χ2v) is 5.25. The minimum absolute atomic E-state index is 0.0196. The van der Waals surface area contributed by atoms with Gasteiger partial charge in [0.15, 0.2) is 5.75 Å². The number of benzene rings is 1. The maximum Gasteiger partial charge on any atom is 0.311 e. The Kier molecular flexibility index (Phi) is 6.84. The molecule has 20 heavy (non-hydrogen) atoms. The van der Waals surface area contributed by atoms with Crippen molar-refractivity contribution in [3.8, 4) is 5.75 Å². The van der Waals surface area contributed by atoms with Crippen molar-refractivity contribution < 1.29 is 9.66 Å². The number of nitrogens with zero attached hydrogens (tertiary/aromatic N) is 1. The van der Waals surface area contributed by atoms with Crippen LogP contribution >= 0.6 is 0 Å². The summed E-state index contributed by atoms with van der Waals surface area (Å²) in [4.78, 5) is 10.5. The first-order valence-corrected chi connectivity index (χ1v) is 7.19. The summed E-state index contributed by atoms with van der Waals surface area (Å²) in [5, 5.41) is 14.2. The first-order chi connectivity index (χ1) is 9.54. The summed E-state index contributed by atoms with van der Waals surface area (Å²) in [5.41, 5.74) is 0.886. The molecule has 0 radical (unpaired) electrons. The molecule has 0 spiro atoms. The van der Waals surface area contributed by atoms with Crippen molar-refractivity contribution in [1.82, 2.24) is 0 Å². The van der Waals surface area contributed by atoms with E-state index in [1.54, 1.807) is 12.1 Å². The summed E-state index contributed by atoms with van der Waals surface area (Å²) >= 11 is 0. The van der Waals surface area contributed by atoms with Crippen LogP contribution in [0, 0.1) is 16.0 Å². The van der Waals surface area contributed by atoms with Crippen molar-refractivity contribution >= 4 is 11.4 Å². The lowest BCUT2D eigenvalue weighted by atomic mass is 10.1. The molecule has 0 aliphatic heterocycles. The molecule has 0 aliphatic carbocycles. The second kappa shape index (κ2) is 8.40. The Morgan fingerprint density at radius 3 is 2.75 bits per heavy atom. The number of ether oxygens (including phenoxy) is 1. The summed E-state index contributed by atoms with van der Waals surface area (Å²) in [6.45, 7) is 7.71. The smallest absolute Gasteiger partial charge is 0.311 e. The normalized spacial score (nSPS) is 10.6. The molecule has 0 saturated carbocycles. The highest BCUT2D eigenvalue weighted by Crippen LogP contribution is 2.30. The third kappa shape index (κ3) is 5.47. The van der Waals surface area contributed by atoms with Gasteiger partial charge in [0, 0.05) is 24.4 Å². The van der Waals surface area contributed by atoms with Gasteiger partial charge in [0.05, 0.1) is 11.5 Å². The van der Waals surface area contributed by atoms with Crippen molar-refractivity contribution in [3.05, 3.63) is 28.3 Å². The van der Waals surface area contributed by atoms with E-state index in [0.29, 0.717) is 18.3 Å². The Balaban J connectivity index is 2.66. The number of nitrogens with one attached hydrogen (secondary N) is 1. The Morgan fingerprint density at radius 2 is 2.15 bits per heavy atom. The van der Waals surface area contributed by atoms with Crippen LogP contribution in [0.2, 0.25) is 0 Å². The summed E-state index contributed by atoms with van der Waals surface area (Å²) in [5.74, 6) is 1.03. The number of rotatable bonds is 9. The van der Waals surface area contributed by atoms with E-state index >= 15 is 0 Å². The van der Waals surface area contributed by atoms with Crippen molar-refractivity contribution in [2.24, 2.45) is 5.92 Å². The molecule has 0 fully saturated rings. The standard InChI is InChI=1S/C15H24N2O3/c1-4-10-20-15-11-13(7-8-14(15)17(18)19)16-9-5-6-12(2)3/h7-8,11-12,16H,4-6,9-10H2,1-3H3. The molecule has 1 rings (SSSR count). The molecule has 1 aromatic carbocycles. The zero-order chi connectivity index (χ0) is 15.0. The van der Waals surface area contributed by atoms with Crippen LogP contribution in [0.5, 0.6) is 5.75 Å². The average molecular weight is 280 g/mol. The van der Waals surface area contributed by atoms with Gasteiger partial charge in [0.25, 0.3) is 0 Å². The lowest BCUT2D eigenvalue weighted by Gasteiger charge is -2.10. The molecule has 112 valence electrons. The molecule has 5 nitrogen and oxygen atoms in total. The number of hydrogen-bond acceptors (Lipinski definition) is 4. The first-order valence-electron chi connectivity index (χ1n) is 7.19. The van der Waals surface area contributed by atoms with E-state index in [1.165, 1.54) is 12.5 Å². The van der Waals surface area contributed by atoms with Gasteiger partial charge in [0.2, 0.25) is 0 Å². The van der Waals surface area contributed by atoms with E-state index in [-0.39, 0.29) is 5.69 Å². The fraction of sp³-hybridized carbons (Fsp3) is 0.600. The maximum atomic E-state index is 10.9. The molecule has 5 heteroatoms. The zero-order valence-electron chi connectivity index (χ0n) is 12.5. The lowest BCUT2D eigenvalue weighted by Crippen LogP contribution is -2.05. The van der Waals surface area contributed by atoms with Crippen LogP contribution in [0.4, 0.5) is 11.4 Å². The Morgan fingerprint density at radius 1 is 1.40 bits per heavy atom. The minimum atomic E-state index is -0.409. The fourth-order valence-electron chi connectivity index (χ4n) is 1.85. The predicted molar refractivity (Wildman–Crippen MR) is 81.4 cm³/mol. The maximum absolute atomic E-state index is 10.9. The zero-order valence-corrected chi connectivity index (χ0v) is 12.5. The molecule has 0 atom stereocenters. The van der Waals surface area contributed by atoms with Crippen LogP contribution in [-0.4, -0.2) is 18.1 Å². The van der Waals surface area contributed by atoms with E-state index in [9.17, 15) is 10.1 Å². The Bertz CT molecular complexity index is 433. The SMILES string of the molecule is CCCOc1cc(NCCCC(C)C)ccc1[N+](=O)[O-]. The molecular weight excluding hydrogens is 256 g/mol. The predicted octanol–water partition coefficient (Wildman–Crippen LogP) is 4.23. The third-order valence-electron chi connectivity index (χ3n) is 2.91. The number of nitro groups is 1. The molecule has 0 heterocycles. The lowest BCUT2D eigenvalue weighted by molar-refractivity contribution is -0.385. The molecule has 0 bridgehead atoms. The highest BCUT2D eigenvalue weighted by molar-refractivity contribution is 5.57. The van der Waals surface area contributed by atoms with Gasteiger partial charge in [-0.25, -0.2) is 0 Å². The van der Waals surface area contributed by atoms with E-state index in [0.717, 1.165) is 25.1 Å². The molecular formula is C15H24N2O3. The van der Waals surface area contributed by atoms with Crippen molar-refractivity contribution in [2.45, 2.75) is 40.0 Å². The van der Waals surface area contributed by atoms with E-state index in [4.69, 9.17) is 4.74 Å². The number of hydrogen-bond donors (Lipinski definition) is 1. The van der Waals surface area contributed by atoms with Gasteiger partial charge in [-0.3, -0.25) is 10.1 Å².